The predicted octanol–water partition coefficient (Wildman–Crippen LogP) is 7.61. The van der Waals surface area contributed by atoms with Gasteiger partial charge in [-0.3, -0.25) is 0 Å². The first-order valence-corrected chi connectivity index (χ1v) is 12.9. The minimum atomic E-state index is -0.345. The van der Waals surface area contributed by atoms with Crippen molar-refractivity contribution in [3.63, 3.8) is 0 Å². The average molecular weight is 389 g/mol. The van der Waals surface area contributed by atoms with Gasteiger partial charge in [-0.15, -0.1) is 0 Å². The van der Waals surface area contributed by atoms with Crippen molar-refractivity contribution in [2.75, 3.05) is 0 Å². The molecule has 4 rings (SSSR count). The lowest BCUT2D eigenvalue weighted by atomic mass is 9.43. The maximum absolute atomic E-state index is 11.6. The van der Waals surface area contributed by atoms with Gasteiger partial charge in [-0.2, -0.15) is 0 Å². The smallest absolute Gasteiger partial charge is 0.0703 e. The first-order chi connectivity index (χ1) is 13.2. The summed E-state index contributed by atoms with van der Waals surface area (Å²) >= 11 is 0. The molecule has 0 radical (unpaired) electrons. The van der Waals surface area contributed by atoms with Crippen LogP contribution in [-0.2, 0) is 0 Å². The highest BCUT2D eigenvalue weighted by atomic mass is 16.3. The van der Waals surface area contributed by atoms with Crippen molar-refractivity contribution in [3.8, 4) is 0 Å². The van der Waals surface area contributed by atoms with Gasteiger partial charge < -0.3 is 5.11 Å². The largest absolute Gasteiger partial charge is 0.389 e. The van der Waals surface area contributed by atoms with Gasteiger partial charge in [0.15, 0.2) is 0 Å². The van der Waals surface area contributed by atoms with Gasteiger partial charge in [-0.1, -0.05) is 66.7 Å². The summed E-state index contributed by atoms with van der Waals surface area (Å²) in [6.07, 6.45) is 17.4. The molecule has 4 fully saturated rings. The minimum absolute atomic E-state index is 0.205. The van der Waals surface area contributed by atoms with Gasteiger partial charge in [-0.25, -0.2) is 0 Å². The first kappa shape index (κ1) is 21.2. The summed E-state index contributed by atoms with van der Waals surface area (Å²) < 4.78 is 0. The molecule has 162 valence electrons. The van der Waals surface area contributed by atoms with Gasteiger partial charge in [0.05, 0.1) is 5.60 Å². The van der Waals surface area contributed by atoms with Crippen molar-refractivity contribution in [1.29, 1.82) is 0 Å². The third-order valence-corrected chi connectivity index (χ3v) is 10.9. The second-order valence-corrected chi connectivity index (χ2v) is 12.6. The third kappa shape index (κ3) is 3.21. The molecule has 0 unspecified atom stereocenters. The molecule has 0 aromatic heterocycles. The van der Waals surface area contributed by atoms with Crippen LogP contribution in [0.2, 0.25) is 0 Å². The van der Waals surface area contributed by atoms with Gasteiger partial charge in [0.1, 0.15) is 0 Å². The summed E-state index contributed by atoms with van der Waals surface area (Å²) in [7, 11) is 0. The Morgan fingerprint density at radius 3 is 2.32 bits per heavy atom. The lowest BCUT2D eigenvalue weighted by molar-refractivity contribution is -0.205. The summed E-state index contributed by atoms with van der Waals surface area (Å²) in [6.45, 7) is 12.5. The summed E-state index contributed by atoms with van der Waals surface area (Å²) in [5.41, 5.74) is 0.442. The van der Waals surface area contributed by atoms with Crippen LogP contribution in [-0.4, -0.2) is 10.7 Å². The highest BCUT2D eigenvalue weighted by molar-refractivity contribution is 5.13. The Kier molecular flexibility index (Phi) is 5.74. The number of hydrogen-bond acceptors (Lipinski definition) is 1. The van der Waals surface area contributed by atoms with E-state index in [-0.39, 0.29) is 11.0 Å². The van der Waals surface area contributed by atoms with Gasteiger partial charge >= 0.3 is 0 Å². The van der Waals surface area contributed by atoms with Crippen molar-refractivity contribution in [2.24, 2.45) is 46.3 Å². The molecule has 1 heteroatoms. The molecular formula is C27H48O. The quantitative estimate of drug-likeness (QED) is 0.513. The lowest BCUT2D eigenvalue weighted by Gasteiger charge is -2.63. The topological polar surface area (TPSA) is 20.2 Å². The van der Waals surface area contributed by atoms with Crippen LogP contribution in [0, 0.1) is 46.3 Å². The number of rotatable bonds is 5. The van der Waals surface area contributed by atoms with E-state index in [1.54, 1.807) is 0 Å². The van der Waals surface area contributed by atoms with E-state index in [9.17, 15) is 5.11 Å². The van der Waals surface area contributed by atoms with Crippen molar-refractivity contribution >= 4 is 0 Å². The molecule has 4 saturated carbocycles. The summed E-state index contributed by atoms with van der Waals surface area (Å²) in [5, 5.41) is 11.6. The minimum Gasteiger partial charge on any atom is -0.389 e. The van der Waals surface area contributed by atoms with E-state index in [0.717, 1.165) is 48.3 Å². The zero-order chi connectivity index (χ0) is 20.2. The molecule has 4 aliphatic carbocycles. The van der Waals surface area contributed by atoms with Crippen LogP contribution in [0.3, 0.4) is 0 Å². The molecule has 0 saturated heterocycles. The van der Waals surface area contributed by atoms with Crippen LogP contribution < -0.4 is 0 Å². The molecule has 0 amide bonds. The average Bonchev–Trinajstić information content (AvgIpc) is 2.99. The Labute approximate surface area is 175 Å². The fourth-order valence-electron chi connectivity index (χ4n) is 9.28. The van der Waals surface area contributed by atoms with Gasteiger partial charge in [-0.05, 0) is 97.7 Å². The van der Waals surface area contributed by atoms with Gasteiger partial charge in [0.2, 0.25) is 0 Å². The Bertz CT molecular complexity index is 554. The number of aliphatic hydroxyl groups is 1. The van der Waals surface area contributed by atoms with Crippen LogP contribution in [0.4, 0.5) is 0 Å². The SMILES string of the molecule is CC(C)CCC[C@@H](C)[C@@H]1CC[C@@H]2[C@@H]3CC[C@@]4(O)CCCC[C@]4(C)[C@H]3CC[C@]21C. The van der Waals surface area contributed by atoms with Crippen LogP contribution in [0.5, 0.6) is 0 Å². The van der Waals surface area contributed by atoms with Crippen LogP contribution in [0.15, 0.2) is 0 Å². The van der Waals surface area contributed by atoms with E-state index in [1.165, 1.54) is 70.6 Å². The van der Waals surface area contributed by atoms with Crippen molar-refractivity contribution in [3.05, 3.63) is 0 Å². The second kappa shape index (κ2) is 7.58. The molecule has 28 heavy (non-hydrogen) atoms. The standard InChI is InChI=1S/C27H48O/c1-19(2)9-8-10-20(3)22-11-12-23-21-13-18-27(28)16-7-6-15-26(27,5)24(21)14-17-25(22,23)4/h19-24,28H,6-18H2,1-5H3/t20-,21+,22+,23-,24+,25+,26-,27+/m1/s1. The zero-order valence-corrected chi connectivity index (χ0v) is 19.6. The van der Waals surface area contributed by atoms with E-state index in [1.807, 2.05) is 0 Å². The Morgan fingerprint density at radius 2 is 1.57 bits per heavy atom. The molecule has 0 aromatic rings. The van der Waals surface area contributed by atoms with Crippen LogP contribution in [0.1, 0.15) is 118 Å². The molecule has 0 aromatic carbocycles. The van der Waals surface area contributed by atoms with Crippen molar-refractivity contribution in [2.45, 2.75) is 124 Å². The molecule has 8 atom stereocenters. The number of hydrogen-bond donors (Lipinski definition) is 1. The maximum Gasteiger partial charge on any atom is 0.0703 e. The van der Waals surface area contributed by atoms with Crippen molar-refractivity contribution < 1.29 is 5.11 Å². The number of fused-ring (bicyclic) bond motifs is 5. The maximum atomic E-state index is 11.6. The van der Waals surface area contributed by atoms with E-state index in [4.69, 9.17) is 0 Å². The third-order valence-electron chi connectivity index (χ3n) is 10.9. The monoisotopic (exact) mass is 388 g/mol. The summed E-state index contributed by atoms with van der Waals surface area (Å²) in [5.74, 6) is 5.33. The molecule has 0 aliphatic heterocycles. The first-order valence-electron chi connectivity index (χ1n) is 12.9. The second-order valence-electron chi connectivity index (χ2n) is 12.6. The summed E-state index contributed by atoms with van der Waals surface area (Å²) in [4.78, 5) is 0. The molecule has 4 aliphatic rings. The Balaban J connectivity index is 1.49. The highest BCUT2D eigenvalue weighted by Crippen LogP contribution is 2.69. The van der Waals surface area contributed by atoms with E-state index in [0.29, 0.717) is 5.41 Å². The van der Waals surface area contributed by atoms with Gasteiger partial charge in [0, 0.05) is 0 Å². The van der Waals surface area contributed by atoms with E-state index in [2.05, 4.69) is 34.6 Å². The van der Waals surface area contributed by atoms with Crippen LogP contribution in [0.25, 0.3) is 0 Å². The molecule has 1 N–H and O–H groups in total. The Morgan fingerprint density at radius 1 is 0.821 bits per heavy atom. The summed E-state index contributed by atoms with van der Waals surface area (Å²) in [6, 6.07) is 0. The normalized spacial score (nSPS) is 49.4. The highest BCUT2D eigenvalue weighted by Gasteiger charge is 2.63. The van der Waals surface area contributed by atoms with E-state index < -0.39 is 0 Å². The Hall–Kier alpha value is -0.0400. The van der Waals surface area contributed by atoms with Gasteiger partial charge in [0.25, 0.3) is 0 Å². The molecule has 0 bridgehead atoms. The fraction of sp³-hybridized carbons (Fsp3) is 1.00. The molecule has 1 nitrogen and oxygen atoms in total. The lowest BCUT2D eigenvalue weighted by Crippen LogP contribution is -2.61. The van der Waals surface area contributed by atoms with Crippen LogP contribution >= 0.6 is 0 Å². The van der Waals surface area contributed by atoms with E-state index >= 15 is 0 Å². The predicted molar refractivity (Wildman–Crippen MR) is 119 cm³/mol. The van der Waals surface area contributed by atoms with Crippen molar-refractivity contribution in [1.82, 2.24) is 0 Å². The molecule has 0 heterocycles. The molecule has 0 spiro atoms. The zero-order valence-electron chi connectivity index (χ0n) is 19.6. The fourth-order valence-corrected chi connectivity index (χ4v) is 9.28. The molecular weight excluding hydrogens is 340 g/mol.